The van der Waals surface area contributed by atoms with Gasteiger partial charge in [0.15, 0.2) is 6.10 Å². The quantitative estimate of drug-likeness (QED) is 0.0194. The van der Waals surface area contributed by atoms with Gasteiger partial charge in [-0.3, -0.25) is 14.2 Å². The van der Waals surface area contributed by atoms with E-state index in [0.29, 0.717) is 43.1 Å². The minimum atomic E-state index is -4.70. The number of allylic oxidation sites excluding steroid dienone is 2. The SMILES string of the molecule is CCCCCc1oc(CCCCCCCCC(=O)O[C@H](COC(=O)CCC/C=C/C[C@@H]2[C@@H](/C=C/[C@@H](O)CCCCC)[C@H](O)C[C@@H]2O)COP(=O)([O-])OCC[N+](C)(C)C)c(C)c1C. The Morgan fingerprint density at radius 3 is 2.10 bits per heavy atom. The minimum absolute atomic E-state index is 0.0788. The number of carbonyl (C=O) groups excluding carboxylic acids is 2. The fourth-order valence-corrected chi connectivity index (χ4v) is 8.38. The van der Waals surface area contributed by atoms with Crippen LogP contribution in [0.5, 0.6) is 0 Å². The Kier molecular flexibility index (Phi) is 27.6. The predicted molar refractivity (Wildman–Crippen MR) is 241 cm³/mol. The number of aryl methyl sites for hydroxylation is 2. The molecule has 1 aliphatic rings. The zero-order valence-electron chi connectivity index (χ0n) is 39.4. The van der Waals surface area contributed by atoms with Crippen LogP contribution in [0.1, 0.15) is 158 Å². The maximum Gasteiger partial charge on any atom is 0.306 e. The first-order valence-corrected chi connectivity index (χ1v) is 25.1. The molecule has 1 heterocycles. The maximum atomic E-state index is 12.8. The van der Waals surface area contributed by atoms with Crippen LogP contribution in [-0.4, -0.2) is 104 Å². The summed E-state index contributed by atoms with van der Waals surface area (Å²) in [4.78, 5) is 37.9. The number of ether oxygens (including phenoxy) is 2. The van der Waals surface area contributed by atoms with E-state index in [9.17, 15) is 34.4 Å². The lowest BCUT2D eigenvalue weighted by atomic mass is 9.89. The summed E-state index contributed by atoms with van der Waals surface area (Å²) in [5.74, 6) is 0.760. The van der Waals surface area contributed by atoms with Crippen molar-refractivity contribution in [2.75, 3.05) is 47.5 Å². The van der Waals surface area contributed by atoms with Gasteiger partial charge in [-0.15, -0.1) is 0 Å². The lowest BCUT2D eigenvalue weighted by Crippen LogP contribution is -2.37. The molecular weight excluding hydrogens is 813 g/mol. The van der Waals surface area contributed by atoms with Crippen molar-refractivity contribution in [2.24, 2.45) is 11.8 Å². The third-order valence-electron chi connectivity index (χ3n) is 11.7. The van der Waals surface area contributed by atoms with Crippen LogP contribution in [0.15, 0.2) is 28.7 Å². The van der Waals surface area contributed by atoms with Crippen LogP contribution in [0.25, 0.3) is 0 Å². The number of nitrogens with zero attached hydrogens (tertiary/aromatic N) is 1. The topological polar surface area (TPSA) is 185 Å². The lowest BCUT2D eigenvalue weighted by Gasteiger charge is -2.28. The van der Waals surface area contributed by atoms with Crippen molar-refractivity contribution < 1.29 is 61.8 Å². The highest BCUT2D eigenvalue weighted by atomic mass is 31.2. The molecule has 7 atom stereocenters. The second-order valence-corrected chi connectivity index (χ2v) is 19.7. The highest BCUT2D eigenvalue weighted by molar-refractivity contribution is 7.45. The number of esters is 2. The number of quaternary nitrogens is 1. The van der Waals surface area contributed by atoms with Crippen molar-refractivity contribution in [2.45, 2.75) is 187 Å². The summed E-state index contributed by atoms with van der Waals surface area (Å²) in [7, 11) is 1.00. The average molecular weight is 898 g/mol. The third-order valence-corrected chi connectivity index (χ3v) is 12.7. The number of likely N-dealkylation sites (N-methyl/N-ethyl adjacent to an activating group) is 1. The molecule has 1 unspecified atom stereocenters. The van der Waals surface area contributed by atoms with E-state index in [1.807, 2.05) is 39.4 Å². The highest BCUT2D eigenvalue weighted by Gasteiger charge is 2.39. The van der Waals surface area contributed by atoms with Gasteiger partial charge >= 0.3 is 11.9 Å². The first kappa shape index (κ1) is 55.8. The van der Waals surface area contributed by atoms with Gasteiger partial charge in [0.05, 0.1) is 46.1 Å². The molecule has 14 heteroatoms. The molecule has 1 fully saturated rings. The van der Waals surface area contributed by atoms with Gasteiger partial charge in [-0.2, -0.15) is 0 Å². The van der Waals surface area contributed by atoms with Crippen molar-refractivity contribution in [1.29, 1.82) is 0 Å². The number of carbonyl (C=O) groups is 2. The van der Waals surface area contributed by atoms with Gasteiger partial charge in [-0.05, 0) is 75.8 Å². The molecule has 0 saturated heterocycles. The molecule has 13 nitrogen and oxygen atoms in total. The summed E-state index contributed by atoms with van der Waals surface area (Å²) in [5, 5.41) is 31.4. The van der Waals surface area contributed by atoms with Gasteiger partial charge in [-0.25, -0.2) is 0 Å². The highest BCUT2D eigenvalue weighted by Crippen LogP contribution is 2.39. The summed E-state index contributed by atoms with van der Waals surface area (Å²) in [6, 6.07) is 0. The number of furan rings is 1. The molecule has 0 bridgehead atoms. The Hall–Kier alpha value is -2.35. The zero-order chi connectivity index (χ0) is 46.0. The molecule has 0 aliphatic heterocycles. The molecule has 1 saturated carbocycles. The van der Waals surface area contributed by atoms with Crippen LogP contribution in [0.3, 0.4) is 0 Å². The normalized spacial score (nSPS) is 20.2. The van der Waals surface area contributed by atoms with E-state index in [4.69, 9.17) is 22.9 Å². The molecule has 1 aliphatic carbocycles. The van der Waals surface area contributed by atoms with Gasteiger partial charge in [0.1, 0.15) is 31.3 Å². The van der Waals surface area contributed by atoms with Crippen molar-refractivity contribution in [3.63, 3.8) is 0 Å². The molecule has 0 aromatic carbocycles. The monoisotopic (exact) mass is 898 g/mol. The Bertz CT molecular complexity index is 1500. The summed E-state index contributed by atoms with van der Waals surface area (Å²) < 4.78 is 40.2. The second kappa shape index (κ2) is 30.7. The summed E-state index contributed by atoms with van der Waals surface area (Å²) >= 11 is 0. The molecule has 2 rings (SSSR count). The summed E-state index contributed by atoms with van der Waals surface area (Å²) in [6.45, 7) is 8.07. The van der Waals surface area contributed by atoms with Gasteiger partial charge in [0, 0.05) is 38.0 Å². The van der Waals surface area contributed by atoms with E-state index in [0.717, 1.165) is 82.1 Å². The van der Waals surface area contributed by atoms with Crippen LogP contribution >= 0.6 is 7.82 Å². The van der Waals surface area contributed by atoms with Crippen LogP contribution in [0.2, 0.25) is 0 Å². The molecule has 1 aromatic heterocycles. The first-order valence-electron chi connectivity index (χ1n) is 23.7. The van der Waals surface area contributed by atoms with Crippen LogP contribution in [-0.2, 0) is 45.5 Å². The van der Waals surface area contributed by atoms with Crippen molar-refractivity contribution in [3.05, 3.63) is 47.0 Å². The molecule has 0 spiro atoms. The predicted octanol–water partition coefficient (Wildman–Crippen LogP) is 8.54. The zero-order valence-corrected chi connectivity index (χ0v) is 40.3. The molecule has 358 valence electrons. The molecule has 62 heavy (non-hydrogen) atoms. The van der Waals surface area contributed by atoms with Crippen LogP contribution in [0, 0.1) is 25.7 Å². The molecule has 1 aromatic rings. The Labute approximate surface area is 373 Å². The van der Waals surface area contributed by atoms with Crippen molar-refractivity contribution in [3.8, 4) is 0 Å². The number of rotatable bonds is 35. The summed E-state index contributed by atoms with van der Waals surface area (Å²) in [6.07, 6.45) is 21.4. The van der Waals surface area contributed by atoms with E-state index in [1.165, 1.54) is 24.0 Å². The fourth-order valence-electron chi connectivity index (χ4n) is 7.65. The fraction of sp³-hybridized carbons (Fsp3) is 0.792. The number of aliphatic hydroxyl groups excluding tert-OH is 3. The number of unbranched alkanes of at least 4 members (excludes halogenated alkanes) is 10. The largest absolute Gasteiger partial charge is 0.756 e. The Balaban J connectivity index is 1.78. The van der Waals surface area contributed by atoms with E-state index < -0.39 is 50.8 Å². The van der Waals surface area contributed by atoms with Gasteiger partial charge < -0.3 is 47.6 Å². The summed E-state index contributed by atoms with van der Waals surface area (Å²) in [5.41, 5.74) is 2.56. The average Bonchev–Trinajstić information content (AvgIpc) is 3.63. The lowest BCUT2D eigenvalue weighted by molar-refractivity contribution is -0.870. The van der Waals surface area contributed by atoms with Crippen molar-refractivity contribution in [1.82, 2.24) is 0 Å². The van der Waals surface area contributed by atoms with Gasteiger partial charge in [-0.1, -0.05) is 95.9 Å². The van der Waals surface area contributed by atoms with Crippen molar-refractivity contribution >= 4 is 19.8 Å². The number of hydrogen-bond donors (Lipinski definition) is 3. The van der Waals surface area contributed by atoms with Gasteiger partial charge in [0.2, 0.25) is 0 Å². The number of phosphoric acid groups is 1. The minimum Gasteiger partial charge on any atom is -0.756 e. The van der Waals surface area contributed by atoms with E-state index in [2.05, 4.69) is 27.7 Å². The first-order chi connectivity index (χ1) is 29.5. The number of hydrogen-bond acceptors (Lipinski definition) is 12. The van der Waals surface area contributed by atoms with E-state index in [1.54, 1.807) is 6.08 Å². The molecule has 0 amide bonds. The second-order valence-electron chi connectivity index (χ2n) is 18.3. The van der Waals surface area contributed by atoms with Crippen LogP contribution < -0.4 is 4.89 Å². The number of phosphoric ester groups is 1. The molecule has 3 N–H and O–H groups in total. The van der Waals surface area contributed by atoms with Gasteiger partial charge in [0.25, 0.3) is 7.82 Å². The van der Waals surface area contributed by atoms with E-state index in [-0.39, 0.29) is 44.3 Å². The Morgan fingerprint density at radius 1 is 0.823 bits per heavy atom. The smallest absolute Gasteiger partial charge is 0.306 e. The Morgan fingerprint density at radius 2 is 1.44 bits per heavy atom. The molecular formula is C48H84NO12P. The number of aliphatic hydroxyl groups is 3. The maximum absolute atomic E-state index is 12.8. The van der Waals surface area contributed by atoms with E-state index >= 15 is 0 Å². The van der Waals surface area contributed by atoms with Crippen LogP contribution in [0.4, 0.5) is 0 Å². The molecule has 0 radical (unpaired) electrons. The third kappa shape index (κ3) is 24.1. The standard InChI is InChI=1S/C48H84NO12P/c1-8-10-18-24-39(50)30-31-42-41(43(51)34-44(42)52)25-20-16-17-22-28-47(53)57-35-40(36-59-62(55,56)58-33-32-49(5,6)7)60-48(54)29-23-15-13-12-14-21-27-46-38(4)37(3)45(61-46)26-19-11-9-2/h16,20,30-31,39-44,50-52H,8-15,17-19,21-29,32-36H2,1-7H3/b20-16+,31-30+/t39-,40+,41+,42+,43-,44+/m0/s1.